The van der Waals surface area contributed by atoms with E-state index in [1.165, 1.54) is 159 Å². The van der Waals surface area contributed by atoms with Crippen LogP contribution < -0.4 is 12.4 Å². The largest absolute Gasteiger partial charge is 1.00 e. The number of likely N-dealkylation sites (tertiary alicyclic amines) is 1. The van der Waals surface area contributed by atoms with Gasteiger partial charge in [0.05, 0.1) is 26.7 Å². The van der Waals surface area contributed by atoms with Gasteiger partial charge in [0, 0.05) is 0 Å². The Morgan fingerprint density at radius 2 is 0.786 bits per heavy atom. The molecule has 0 radical (unpaired) electrons. The molecule has 0 bridgehead atoms. The van der Waals surface area contributed by atoms with Gasteiger partial charge in [0.1, 0.15) is 0 Å². The van der Waals surface area contributed by atoms with Crippen LogP contribution in [0.3, 0.4) is 0 Å². The van der Waals surface area contributed by atoms with Crippen molar-refractivity contribution in [1.29, 1.82) is 0 Å². The number of rotatable bonds is 19. The van der Waals surface area contributed by atoms with Gasteiger partial charge >= 0.3 is 0 Å². The minimum atomic E-state index is 0. The molecular formula is C26H54ClN. The lowest BCUT2D eigenvalue weighted by Crippen LogP contribution is -3.00. The van der Waals surface area contributed by atoms with Gasteiger partial charge < -0.3 is 16.9 Å². The molecule has 0 aromatic carbocycles. The average molecular weight is 416 g/mol. The van der Waals surface area contributed by atoms with E-state index in [4.69, 9.17) is 0 Å². The second-order valence-corrected chi connectivity index (χ2v) is 9.86. The zero-order chi connectivity index (χ0) is 19.5. The SMILES string of the molecule is CCCCCCCCCCCCCCCCCCCC[N+]1(C)CCCCC1.[Cl-]. The highest BCUT2D eigenvalue weighted by Gasteiger charge is 2.23. The number of hydrogen-bond acceptors (Lipinski definition) is 0. The maximum Gasteiger partial charge on any atom is 0.0784 e. The molecule has 1 rings (SSSR count). The fourth-order valence-electron chi connectivity index (χ4n) is 4.89. The highest BCUT2D eigenvalue weighted by molar-refractivity contribution is 4.53. The topological polar surface area (TPSA) is 0 Å². The van der Waals surface area contributed by atoms with Crippen LogP contribution in [0.15, 0.2) is 0 Å². The molecular weight excluding hydrogens is 362 g/mol. The lowest BCUT2D eigenvalue weighted by atomic mass is 10.0. The van der Waals surface area contributed by atoms with Crippen molar-refractivity contribution in [2.24, 2.45) is 0 Å². The molecule has 0 aromatic rings. The van der Waals surface area contributed by atoms with Crippen LogP contribution >= 0.6 is 0 Å². The van der Waals surface area contributed by atoms with Crippen LogP contribution in [-0.4, -0.2) is 31.2 Å². The van der Waals surface area contributed by atoms with E-state index < -0.39 is 0 Å². The van der Waals surface area contributed by atoms with E-state index in [0.29, 0.717) is 0 Å². The van der Waals surface area contributed by atoms with Crippen molar-refractivity contribution in [1.82, 2.24) is 0 Å². The maximum absolute atomic E-state index is 2.49. The number of unbranched alkanes of at least 4 members (excludes halogenated alkanes) is 17. The number of quaternary nitrogens is 1. The van der Waals surface area contributed by atoms with E-state index in [2.05, 4.69) is 14.0 Å². The average Bonchev–Trinajstić information content (AvgIpc) is 2.67. The van der Waals surface area contributed by atoms with Crippen LogP contribution in [-0.2, 0) is 0 Å². The quantitative estimate of drug-likeness (QED) is 0.188. The Kier molecular flexibility index (Phi) is 20.7. The summed E-state index contributed by atoms with van der Waals surface area (Å²) in [4.78, 5) is 0. The molecule has 1 fully saturated rings. The van der Waals surface area contributed by atoms with Gasteiger partial charge in [-0.25, -0.2) is 0 Å². The minimum absolute atomic E-state index is 0. The summed E-state index contributed by atoms with van der Waals surface area (Å²) in [7, 11) is 2.49. The molecule has 0 atom stereocenters. The van der Waals surface area contributed by atoms with Crippen molar-refractivity contribution < 1.29 is 16.9 Å². The summed E-state index contributed by atoms with van der Waals surface area (Å²) >= 11 is 0. The van der Waals surface area contributed by atoms with Gasteiger partial charge in [-0.3, -0.25) is 0 Å². The first-order valence-electron chi connectivity index (χ1n) is 13.1. The van der Waals surface area contributed by atoms with Gasteiger partial charge in [0.15, 0.2) is 0 Å². The molecule has 0 amide bonds. The minimum Gasteiger partial charge on any atom is -1.00 e. The first kappa shape index (κ1) is 28.2. The highest BCUT2D eigenvalue weighted by Crippen LogP contribution is 2.18. The van der Waals surface area contributed by atoms with Gasteiger partial charge in [-0.2, -0.15) is 0 Å². The lowest BCUT2D eigenvalue weighted by Gasteiger charge is -2.37. The molecule has 1 aliphatic heterocycles. The Labute approximate surface area is 185 Å². The summed E-state index contributed by atoms with van der Waals surface area (Å²) in [5.41, 5.74) is 0. The Hall–Kier alpha value is 0.250. The zero-order valence-corrected chi connectivity index (χ0v) is 20.6. The molecule has 1 aliphatic rings. The molecule has 0 saturated carbocycles. The van der Waals surface area contributed by atoms with Crippen LogP contribution in [0.1, 0.15) is 142 Å². The van der Waals surface area contributed by atoms with Crippen molar-refractivity contribution in [3.05, 3.63) is 0 Å². The summed E-state index contributed by atoms with van der Waals surface area (Å²) < 4.78 is 1.37. The third kappa shape index (κ3) is 17.1. The predicted molar refractivity (Wildman–Crippen MR) is 123 cm³/mol. The number of piperidine rings is 1. The number of hydrogen-bond donors (Lipinski definition) is 0. The summed E-state index contributed by atoms with van der Waals surface area (Å²) in [6, 6.07) is 0. The molecule has 0 aliphatic carbocycles. The second kappa shape index (κ2) is 20.5. The molecule has 170 valence electrons. The van der Waals surface area contributed by atoms with Crippen molar-refractivity contribution in [3.8, 4) is 0 Å². The van der Waals surface area contributed by atoms with Crippen LogP contribution in [0.4, 0.5) is 0 Å². The fourth-order valence-corrected chi connectivity index (χ4v) is 4.89. The van der Waals surface area contributed by atoms with Crippen LogP contribution in [0.2, 0.25) is 0 Å². The molecule has 1 saturated heterocycles. The van der Waals surface area contributed by atoms with Gasteiger partial charge in [0.2, 0.25) is 0 Å². The van der Waals surface area contributed by atoms with Gasteiger partial charge in [-0.1, -0.05) is 110 Å². The summed E-state index contributed by atoms with van der Waals surface area (Å²) in [5, 5.41) is 0. The first-order valence-corrected chi connectivity index (χ1v) is 13.1. The molecule has 0 unspecified atom stereocenters. The Morgan fingerprint density at radius 3 is 1.14 bits per heavy atom. The van der Waals surface area contributed by atoms with E-state index in [1.807, 2.05) is 0 Å². The summed E-state index contributed by atoms with van der Waals surface area (Å²) in [6.45, 7) is 6.63. The van der Waals surface area contributed by atoms with Crippen LogP contribution in [0.25, 0.3) is 0 Å². The molecule has 0 N–H and O–H groups in total. The van der Waals surface area contributed by atoms with Crippen LogP contribution in [0, 0.1) is 0 Å². The predicted octanol–water partition coefficient (Wildman–Crippen LogP) is 5.66. The van der Waals surface area contributed by atoms with E-state index in [-0.39, 0.29) is 12.4 Å². The Morgan fingerprint density at radius 1 is 0.464 bits per heavy atom. The first-order chi connectivity index (χ1) is 13.3. The Bertz CT molecular complexity index is 299. The number of nitrogens with zero attached hydrogens (tertiary/aromatic N) is 1. The third-order valence-electron chi connectivity index (χ3n) is 6.95. The summed E-state index contributed by atoms with van der Waals surface area (Å²) in [6.07, 6.45) is 31.0. The normalized spacial score (nSPS) is 16.1. The number of halogens is 1. The summed E-state index contributed by atoms with van der Waals surface area (Å²) in [5.74, 6) is 0. The van der Waals surface area contributed by atoms with E-state index >= 15 is 0 Å². The van der Waals surface area contributed by atoms with Gasteiger partial charge in [0.25, 0.3) is 0 Å². The Balaban J connectivity index is 0.00000729. The van der Waals surface area contributed by atoms with Crippen molar-refractivity contribution in [3.63, 3.8) is 0 Å². The second-order valence-electron chi connectivity index (χ2n) is 9.86. The van der Waals surface area contributed by atoms with E-state index in [0.717, 1.165) is 0 Å². The fraction of sp³-hybridized carbons (Fsp3) is 1.00. The van der Waals surface area contributed by atoms with Gasteiger partial charge in [-0.15, -0.1) is 0 Å². The molecule has 28 heavy (non-hydrogen) atoms. The molecule has 0 spiro atoms. The molecule has 2 heteroatoms. The van der Waals surface area contributed by atoms with Crippen molar-refractivity contribution in [2.45, 2.75) is 142 Å². The highest BCUT2D eigenvalue weighted by atomic mass is 35.5. The van der Waals surface area contributed by atoms with Gasteiger partial charge in [-0.05, 0) is 32.1 Å². The molecule has 0 aromatic heterocycles. The molecule has 1 nitrogen and oxygen atoms in total. The lowest BCUT2D eigenvalue weighted by molar-refractivity contribution is -0.914. The molecule has 1 heterocycles. The van der Waals surface area contributed by atoms with Crippen molar-refractivity contribution >= 4 is 0 Å². The van der Waals surface area contributed by atoms with E-state index in [9.17, 15) is 0 Å². The van der Waals surface area contributed by atoms with Crippen LogP contribution in [0.5, 0.6) is 0 Å². The zero-order valence-electron chi connectivity index (χ0n) is 19.8. The monoisotopic (exact) mass is 415 g/mol. The standard InChI is InChI=1S/C26H54N.ClH/c1-3-4-5-6-7-8-9-10-11-12-13-14-15-16-17-18-19-21-24-27(2)25-22-20-23-26-27;/h3-26H2,1-2H3;1H/q+1;/p-1. The van der Waals surface area contributed by atoms with E-state index in [1.54, 1.807) is 0 Å². The van der Waals surface area contributed by atoms with Crippen molar-refractivity contribution in [2.75, 3.05) is 26.7 Å². The maximum atomic E-state index is 2.49. The third-order valence-corrected chi connectivity index (χ3v) is 6.95. The smallest absolute Gasteiger partial charge is 0.0784 e.